The molecule has 0 fully saturated rings. The van der Waals surface area contributed by atoms with E-state index in [0.29, 0.717) is 17.2 Å². The van der Waals surface area contributed by atoms with Crippen molar-refractivity contribution in [2.45, 2.75) is 25.9 Å². The number of halogens is 1. The molecule has 84 valence electrons. The van der Waals surface area contributed by atoms with Crippen molar-refractivity contribution in [2.24, 2.45) is 0 Å². The molecular weight excluding hydrogens is 228 g/mol. The molecule has 0 aliphatic rings. The summed E-state index contributed by atoms with van der Waals surface area (Å²) in [6.45, 7) is 4.33. The largest absolute Gasteiger partial charge is 0.307 e. The van der Waals surface area contributed by atoms with Crippen LogP contribution in [0.3, 0.4) is 0 Å². The third kappa shape index (κ3) is 4.41. The van der Waals surface area contributed by atoms with Gasteiger partial charge in [0.15, 0.2) is 0 Å². The van der Waals surface area contributed by atoms with E-state index in [1.165, 1.54) is 5.56 Å². The summed E-state index contributed by atoms with van der Waals surface area (Å²) in [5.74, 6) is 1.11. The van der Waals surface area contributed by atoms with Crippen molar-refractivity contribution in [3.63, 3.8) is 0 Å². The Labute approximate surface area is 101 Å². The fourth-order valence-electron chi connectivity index (χ4n) is 1.51. The van der Waals surface area contributed by atoms with Crippen molar-refractivity contribution in [2.75, 3.05) is 12.0 Å². The van der Waals surface area contributed by atoms with E-state index >= 15 is 0 Å². The molecule has 1 aromatic heterocycles. The molecule has 0 amide bonds. The highest BCUT2D eigenvalue weighted by Gasteiger charge is 2.09. The number of nitrogens with one attached hydrogen (secondary N) is 1. The number of hydrogen-bond donors (Lipinski definition) is 1. The first-order chi connectivity index (χ1) is 7.13. The van der Waals surface area contributed by atoms with Gasteiger partial charge in [0.2, 0.25) is 0 Å². The van der Waals surface area contributed by atoms with E-state index < -0.39 is 0 Å². The smallest absolute Gasteiger partial charge is 0.129 e. The van der Waals surface area contributed by atoms with Crippen LogP contribution in [0.2, 0.25) is 5.15 Å². The van der Waals surface area contributed by atoms with Crippen molar-refractivity contribution < 1.29 is 0 Å². The summed E-state index contributed by atoms with van der Waals surface area (Å²) in [7, 11) is 0. The van der Waals surface area contributed by atoms with Gasteiger partial charge >= 0.3 is 0 Å². The predicted octanol–water partition coefficient (Wildman–Crippen LogP) is 3.14. The van der Waals surface area contributed by atoms with Crippen LogP contribution in [0.4, 0.5) is 0 Å². The fraction of sp³-hybridized carbons (Fsp3) is 0.545. The number of nitrogens with zero attached hydrogens (tertiary/aromatic N) is 1. The van der Waals surface area contributed by atoms with Crippen molar-refractivity contribution >= 4 is 23.4 Å². The van der Waals surface area contributed by atoms with E-state index in [1.54, 1.807) is 6.20 Å². The van der Waals surface area contributed by atoms with Crippen molar-refractivity contribution in [3.8, 4) is 0 Å². The highest BCUT2D eigenvalue weighted by molar-refractivity contribution is 7.98. The van der Waals surface area contributed by atoms with Crippen LogP contribution < -0.4 is 5.32 Å². The minimum atomic E-state index is 0.313. The Balaban J connectivity index is 2.56. The molecule has 0 radical (unpaired) electrons. The molecule has 0 aromatic carbocycles. The highest BCUT2D eigenvalue weighted by atomic mass is 35.5. The Morgan fingerprint density at radius 3 is 2.87 bits per heavy atom. The van der Waals surface area contributed by atoms with Gasteiger partial charge in [-0.1, -0.05) is 11.6 Å². The molecule has 1 aromatic rings. The molecule has 0 saturated carbocycles. The Bertz CT molecular complexity index is 306. The van der Waals surface area contributed by atoms with Crippen LogP contribution in [0.15, 0.2) is 18.3 Å². The predicted molar refractivity (Wildman–Crippen MR) is 68.6 cm³/mol. The van der Waals surface area contributed by atoms with Crippen LogP contribution in [0.5, 0.6) is 0 Å². The monoisotopic (exact) mass is 244 g/mol. The third-order valence-corrected chi connectivity index (χ3v) is 3.24. The number of hydrogen-bond acceptors (Lipinski definition) is 3. The quantitative estimate of drug-likeness (QED) is 0.806. The first-order valence-corrected chi connectivity index (χ1v) is 6.77. The van der Waals surface area contributed by atoms with Gasteiger partial charge in [-0.2, -0.15) is 11.8 Å². The molecule has 2 nitrogen and oxygen atoms in total. The average Bonchev–Trinajstić information content (AvgIpc) is 2.18. The lowest BCUT2D eigenvalue weighted by Gasteiger charge is -2.19. The molecule has 2 atom stereocenters. The average molecular weight is 245 g/mol. The normalized spacial score (nSPS) is 14.9. The van der Waals surface area contributed by atoms with E-state index in [1.807, 2.05) is 23.9 Å². The van der Waals surface area contributed by atoms with E-state index in [9.17, 15) is 0 Å². The summed E-state index contributed by atoms with van der Waals surface area (Å²) in [4.78, 5) is 3.97. The van der Waals surface area contributed by atoms with E-state index in [-0.39, 0.29) is 0 Å². The number of aromatic nitrogens is 1. The lowest BCUT2D eigenvalue weighted by atomic mass is 10.1. The molecular formula is C11H17ClN2S. The molecule has 1 N–H and O–H groups in total. The van der Waals surface area contributed by atoms with E-state index in [2.05, 4.69) is 30.4 Å². The molecule has 0 aliphatic heterocycles. The standard InChI is InChI=1S/C11H17ClN2S/c1-8(7-15-3)14-9(2)10-4-5-13-11(12)6-10/h4-6,8-9,14H,7H2,1-3H3. The summed E-state index contributed by atoms with van der Waals surface area (Å²) in [5.41, 5.74) is 1.18. The first kappa shape index (κ1) is 12.8. The minimum absolute atomic E-state index is 0.313. The minimum Gasteiger partial charge on any atom is -0.307 e. The summed E-state index contributed by atoms with van der Waals surface area (Å²) in [6.07, 6.45) is 3.86. The second-order valence-corrected chi connectivity index (χ2v) is 4.95. The van der Waals surface area contributed by atoms with Crippen LogP contribution >= 0.6 is 23.4 Å². The van der Waals surface area contributed by atoms with Crippen molar-refractivity contribution in [1.82, 2.24) is 10.3 Å². The highest BCUT2D eigenvalue weighted by Crippen LogP contribution is 2.16. The molecule has 4 heteroatoms. The van der Waals surface area contributed by atoms with Gasteiger partial charge in [0.25, 0.3) is 0 Å². The maximum absolute atomic E-state index is 5.84. The zero-order valence-corrected chi connectivity index (χ0v) is 10.9. The van der Waals surface area contributed by atoms with Gasteiger partial charge in [0, 0.05) is 24.0 Å². The fourth-order valence-corrected chi connectivity index (χ4v) is 2.29. The Kier molecular flexibility index (Phi) is 5.43. The second kappa shape index (κ2) is 6.36. The molecule has 0 saturated heterocycles. The van der Waals surface area contributed by atoms with Gasteiger partial charge < -0.3 is 5.32 Å². The lowest BCUT2D eigenvalue weighted by molar-refractivity contribution is 0.511. The van der Waals surface area contributed by atoms with Gasteiger partial charge in [0.05, 0.1) is 0 Å². The van der Waals surface area contributed by atoms with Crippen LogP contribution in [-0.2, 0) is 0 Å². The molecule has 0 aliphatic carbocycles. The molecule has 15 heavy (non-hydrogen) atoms. The van der Waals surface area contributed by atoms with Crippen LogP contribution in [0.1, 0.15) is 25.5 Å². The third-order valence-electron chi connectivity index (χ3n) is 2.20. The number of pyridine rings is 1. The van der Waals surface area contributed by atoms with Crippen molar-refractivity contribution in [1.29, 1.82) is 0 Å². The summed E-state index contributed by atoms with van der Waals surface area (Å²) >= 11 is 7.69. The lowest BCUT2D eigenvalue weighted by Crippen LogP contribution is -2.30. The summed E-state index contributed by atoms with van der Waals surface area (Å²) < 4.78 is 0. The van der Waals surface area contributed by atoms with E-state index in [0.717, 1.165) is 5.75 Å². The zero-order valence-electron chi connectivity index (χ0n) is 9.33. The van der Waals surface area contributed by atoms with Crippen LogP contribution in [0, 0.1) is 0 Å². The molecule has 1 heterocycles. The zero-order chi connectivity index (χ0) is 11.3. The molecule has 0 bridgehead atoms. The summed E-state index contributed by atoms with van der Waals surface area (Å²) in [6, 6.07) is 4.72. The maximum Gasteiger partial charge on any atom is 0.129 e. The number of thioether (sulfide) groups is 1. The first-order valence-electron chi connectivity index (χ1n) is 5.00. The van der Waals surface area contributed by atoms with Gasteiger partial charge in [-0.15, -0.1) is 0 Å². The Morgan fingerprint density at radius 1 is 1.53 bits per heavy atom. The Morgan fingerprint density at radius 2 is 2.27 bits per heavy atom. The van der Waals surface area contributed by atoms with Gasteiger partial charge in [-0.05, 0) is 37.8 Å². The maximum atomic E-state index is 5.84. The SMILES string of the molecule is CSCC(C)NC(C)c1ccnc(Cl)c1. The second-order valence-electron chi connectivity index (χ2n) is 3.66. The van der Waals surface area contributed by atoms with Crippen molar-refractivity contribution in [3.05, 3.63) is 29.0 Å². The van der Waals surface area contributed by atoms with Gasteiger partial charge in [-0.3, -0.25) is 0 Å². The van der Waals surface area contributed by atoms with Crippen LogP contribution in [-0.4, -0.2) is 23.0 Å². The topological polar surface area (TPSA) is 24.9 Å². The molecule has 1 rings (SSSR count). The Hall–Kier alpha value is -0.250. The van der Waals surface area contributed by atoms with Gasteiger partial charge in [-0.25, -0.2) is 4.98 Å². The molecule has 0 spiro atoms. The summed E-state index contributed by atoms with van der Waals surface area (Å²) in [5, 5.41) is 4.07. The van der Waals surface area contributed by atoms with E-state index in [4.69, 9.17) is 11.6 Å². The molecule has 2 unspecified atom stereocenters. The van der Waals surface area contributed by atoms with Gasteiger partial charge in [0.1, 0.15) is 5.15 Å². The van der Waals surface area contributed by atoms with Crippen LogP contribution in [0.25, 0.3) is 0 Å². The number of rotatable bonds is 5.